The van der Waals surface area contributed by atoms with E-state index in [1.807, 2.05) is 6.92 Å². The molecule has 7 nitrogen and oxygen atoms in total. The Kier molecular flexibility index (Phi) is 5.83. The number of carbonyl (C=O) groups is 2. The highest BCUT2D eigenvalue weighted by atomic mass is 16.6. The second kappa shape index (κ2) is 7.37. The molecule has 0 fully saturated rings. The summed E-state index contributed by atoms with van der Waals surface area (Å²) in [5, 5.41) is 22.8. The molecule has 0 saturated carbocycles. The zero-order valence-corrected chi connectivity index (χ0v) is 12.0. The van der Waals surface area contributed by atoms with Crippen LogP contribution in [0.15, 0.2) is 18.2 Å². The van der Waals surface area contributed by atoms with Gasteiger partial charge in [0.1, 0.15) is 6.04 Å². The van der Waals surface area contributed by atoms with E-state index in [4.69, 9.17) is 5.11 Å². The summed E-state index contributed by atoms with van der Waals surface area (Å²) in [7, 11) is 0. The van der Waals surface area contributed by atoms with Gasteiger partial charge in [-0.25, -0.2) is 4.79 Å². The van der Waals surface area contributed by atoms with Gasteiger partial charge in [-0.15, -0.1) is 0 Å². The van der Waals surface area contributed by atoms with Crippen LogP contribution in [-0.2, 0) is 4.79 Å². The number of benzene rings is 1. The Morgan fingerprint density at radius 3 is 2.57 bits per heavy atom. The fourth-order valence-electron chi connectivity index (χ4n) is 1.93. The maximum absolute atomic E-state index is 11.5. The van der Waals surface area contributed by atoms with Crippen molar-refractivity contribution in [2.45, 2.75) is 39.2 Å². The van der Waals surface area contributed by atoms with Gasteiger partial charge in [-0.3, -0.25) is 14.9 Å². The van der Waals surface area contributed by atoms with Gasteiger partial charge in [-0.1, -0.05) is 19.8 Å². The second-order valence-corrected chi connectivity index (χ2v) is 4.72. The number of carboxylic acids is 1. The smallest absolute Gasteiger partial charge is 0.326 e. The normalized spacial score (nSPS) is 11.7. The van der Waals surface area contributed by atoms with E-state index in [1.54, 1.807) is 0 Å². The van der Waals surface area contributed by atoms with Crippen LogP contribution in [0.25, 0.3) is 0 Å². The molecule has 0 radical (unpaired) electrons. The zero-order chi connectivity index (χ0) is 16.0. The lowest BCUT2D eigenvalue weighted by atomic mass is 10.1. The second-order valence-electron chi connectivity index (χ2n) is 4.72. The molecule has 21 heavy (non-hydrogen) atoms. The number of hydrogen-bond acceptors (Lipinski definition) is 5. The van der Waals surface area contributed by atoms with E-state index >= 15 is 0 Å². The number of nitro groups is 1. The number of Topliss-reactive ketones (excluding diaryl/α,β-unsaturated/α-hetero) is 1. The van der Waals surface area contributed by atoms with Crippen molar-refractivity contribution in [3.63, 3.8) is 0 Å². The van der Waals surface area contributed by atoms with E-state index in [1.165, 1.54) is 25.1 Å². The summed E-state index contributed by atoms with van der Waals surface area (Å²) in [5.41, 5.74) is 0.0624. The molecule has 1 aromatic rings. The van der Waals surface area contributed by atoms with Crippen LogP contribution in [0.3, 0.4) is 0 Å². The minimum absolute atomic E-state index is 0.0374. The van der Waals surface area contributed by atoms with E-state index in [2.05, 4.69) is 5.32 Å². The predicted molar refractivity (Wildman–Crippen MR) is 77.7 cm³/mol. The molecule has 0 aliphatic rings. The lowest BCUT2D eigenvalue weighted by Gasteiger charge is -2.15. The van der Waals surface area contributed by atoms with Crippen LogP contribution in [-0.4, -0.2) is 27.8 Å². The number of ketones is 1. The monoisotopic (exact) mass is 294 g/mol. The quantitative estimate of drug-likeness (QED) is 0.433. The third-order valence-electron chi connectivity index (χ3n) is 3.06. The van der Waals surface area contributed by atoms with Crippen molar-refractivity contribution in [1.29, 1.82) is 0 Å². The van der Waals surface area contributed by atoms with Crippen LogP contribution >= 0.6 is 0 Å². The van der Waals surface area contributed by atoms with E-state index in [0.29, 0.717) is 12.1 Å². The fourth-order valence-corrected chi connectivity index (χ4v) is 1.93. The first-order valence-electron chi connectivity index (χ1n) is 6.65. The van der Waals surface area contributed by atoms with Gasteiger partial charge < -0.3 is 10.4 Å². The summed E-state index contributed by atoms with van der Waals surface area (Å²) in [6.45, 7) is 3.19. The molecule has 1 aromatic carbocycles. The van der Waals surface area contributed by atoms with E-state index < -0.39 is 22.7 Å². The highest BCUT2D eigenvalue weighted by Gasteiger charge is 2.20. The molecule has 0 unspecified atom stereocenters. The lowest BCUT2D eigenvalue weighted by molar-refractivity contribution is -0.385. The number of rotatable bonds is 8. The van der Waals surface area contributed by atoms with Gasteiger partial charge in [0.15, 0.2) is 5.78 Å². The van der Waals surface area contributed by atoms with Crippen LogP contribution in [0, 0.1) is 10.1 Å². The van der Waals surface area contributed by atoms with Crippen molar-refractivity contribution in [2.75, 3.05) is 5.32 Å². The van der Waals surface area contributed by atoms with Crippen LogP contribution in [0.4, 0.5) is 11.4 Å². The average Bonchev–Trinajstić information content (AvgIpc) is 2.42. The Morgan fingerprint density at radius 1 is 1.43 bits per heavy atom. The van der Waals surface area contributed by atoms with Crippen LogP contribution in [0.1, 0.15) is 43.5 Å². The predicted octanol–water partition coefficient (Wildman–Crippen LogP) is 2.85. The molecule has 7 heteroatoms. The summed E-state index contributed by atoms with van der Waals surface area (Å²) >= 11 is 0. The van der Waals surface area contributed by atoms with Crippen LogP contribution < -0.4 is 5.32 Å². The number of nitrogens with one attached hydrogen (secondary N) is 1. The van der Waals surface area contributed by atoms with Crippen molar-refractivity contribution < 1.29 is 19.6 Å². The van der Waals surface area contributed by atoms with Gasteiger partial charge in [0.05, 0.1) is 10.5 Å². The Bertz CT molecular complexity index is 556. The Morgan fingerprint density at radius 2 is 2.10 bits per heavy atom. The maximum atomic E-state index is 11.5. The number of nitro benzene ring substituents is 1. The van der Waals surface area contributed by atoms with Gasteiger partial charge in [0.25, 0.3) is 5.69 Å². The number of carboxylic acid groups (broad SMARTS) is 1. The van der Waals surface area contributed by atoms with Crippen molar-refractivity contribution in [1.82, 2.24) is 0 Å². The van der Waals surface area contributed by atoms with Gasteiger partial charge >= 0.3 is 5.97 Å². The SMILES string of the molecule is CCCC[C@H](Nc1ccc([N+](=O)[O-])c(C(C)=O)c1)C(=O)O. The minimum Gasteiger partial charge on any atom is -0.480 e. The molecule has 0 bridgehead atoms. The summed E-state index contributed by atoms with van der Waals surface area (Å²) in [5.74, 6) is -1.43. The molecule has 1 rings (SSSR count). The van der Waals surface area contributed by atoms with Crippen molar-refractivity contribution in [3.8, 4) is 0 Å². The number of nitrogens with zero attached hydrogens (tertiary/aromatic N) is 1. The van der Waals surface area contributed by atoms with Gasteiger partial charge in [-0.2, -0.15) is 0 Å². The Hall–Kier alpha value is -2.44. The lowest BCUT2D eigenvalue weighted by Crippen LogP contribution is -2.29. The van der Waals surface area contributed by atoms with Crippen molar-refractivity contribution >= 4 is 23.1 Å². The van der Waals surface area contributed by atoms with Crippen LogP contribution in [0.5, 0.6) is 0 Å². The van der Waals surface area contributed by atoms with E-state index in [0.717, 1.165) is 12.8 Å². The molecule has 0 aromatic heterocycles. The number of hydrogen-bond donors (Lipinski definition) is 2. The number of unbranched alkanes of at least 4 members (excludes halogenated alkanes) is 1. The fraction of sp³-hybridized carbons (Fsp3) is 0.429. The third-order valence-corrected chi connectivity index (χ3v) is 3.06. The molecule has 114 valence electrons. The zero-order valence-electron chi connectivity index (χ0n) is 12.0. The van der Waals surface area contributed by atoms with Crippen molar-refractivity contribution in [3.05, 3.63) is 33.9 Å². The van der Waals surface area contributed by atoms with E-state index in [-0.39, 0.29) is 11.3 Å². The van der Waals surface area contributed by atoms with Crippen molar-refractivity contribution in [2.24, 2.45) is 0 Å². The van der Waals surface area contributed by atoms with Gasteiger partial charge in [0.2, 0.25) is 0 Å². The first-order chi connectivity index (χ1) is 9.86. The summed E-state index contributed by atoms with van der Waals surface area (Å²) in [6.07, 6.45) is 2.05. The topological polar surface area (TPSA) is 110 Å². The molecule has 0 heterocycles. The van der Waals surface area contributed by atoms with Gasteiger partial charge in [-0.05, 0) is 25.5 Å². The number of anilines is 1. The minimum atomic E-state index is -0.994. The molecule has 0 saturated heterocycles. The Balaban J connectivity index is 3.02. The summed E-state index contributed by atoms with van der Waals surface area (Å²) in [4.78, 5) is 32.8. The maximum Gasteiger partial charge on any atom is 0.326 e. The molecular formula is C14H18N2O5. The highest BCUT2D eigenvalue weighted by molar-refractivity contribution is 5.99. The number of aliphatic carboxylic acids is 1. The first kappa shape index (κ1) is 16.6. The summed E-state index contributed by atoms with van der Waals surface area (Å²) in [6, 6.07) is 3.15. The van der Waals surface area contributed by atoms with Gasteiger partial charge in [0, 0.05) is 11.8 Å². The molecule has 0 aliphatic carbocycles. The number of carbonyl (C=O) groups excluding carboxylic acids is 1. The molecule has 0 amide bonds. The molecule has 0 aliphatic heterocycles. The first-order valence-corrected chi connectivity index (χ1v) is 6.65. The molecule has 1 atom stereocenters. The molecular weight excluding hydrogens is 276 g/mol. The highest BCUT2D eigenvalue weighted by Crippen LogP contribution is 2.24. The largest absolute Gasteiger partial charge is 0.480 e. The molecule has 2 N–H and O–H groups in total. The average molecular weight is 294 g/mol. The standard InChI is InChI=1S/C14H18N2O5/c1-3-4-5-12(14(18)19)15-10-6-7-13(16(20)21)11(8-10)9(2)17/h6-8,12,15H,3-5H2,1-2H3,(H,18,19)/t12-/m0/s1. The third kappa shape index (κ3) is 4.55. The Labute approximate surface area is 122 Å². The molecule has 0 spiro atoms. The summed E-state index contributed by atoms with van der Waals surface area (Å²) < 4.78 is 0. The van der Waals surface area contributed by atoms with Crippen LogP contribution in [0.2, 0.25) is 0 Å². The van der Waals surface area contributed by atoms with E-state index in [9.17, 15) is 19.7 Å².